The van der Waals surface area contributed by atoms with Crippen molar-refractivity contribution < 1.29 is 61.2 Å². The van der Waals surface area contributed by atoms with Gasteiger partial charge in [-0.1, -0.05) is 44.5 Å². The smallest absolute Gasteiger partial charge is 0.753 e. The second kappa shape index (κ2) is 28.8. The predicted octanol–water partition coefficient (Wildman–Crippen LogP) is 11.1. The molecule has 2 N–H and O–H groups in total. The van der Waals surface area contributed by atoms with Gasteiger partial charge >= 0.3 is 25.7 Å². The molecule has 5 rings (SSSR count). The van der Waals surface area contributed by atoms with Crippen LogP contribution in [-0.2, 0) is 49.8 Å². The normalized spacial score (nSPS) is 11.0. The molecule has 0 radical (unpaired) electrons. The maximum Gasteiger partial charge on any atom is 2.00 e. The molecule has 5 heterocycles. The summed E-state index contributed by atoms with van der Waals surface area (Å²) >= 11 is 5.43. The molecule has 63 heavy (non-hydrogen) atoms. The van der Waals surface area contributed by atoms with Gasteiger partial charge in [0.05, 0.1) is 35.3 Å². The fourth-order valence-corrected chi connectivity index (χ4v) is 6.05. The Hall–Kier alpha value is -6.65. The first kappa shape index (κ1) is 52.5. The number of unbranched alkanes of at least 4 members (excludes halogenated alkanes) is 3. The molecule has 326 valence electrons. The largest absolute Gasteiger partial charge is 2.00 e. The SMILES string of the molecule is CCCCCCc1ccc(/C=C/c2ccnc(/C([NH-])=C/C(=N)C(F)(F)F)c2)s1.O=CO/C=C/c1ccnc(-c2cc(OC=O)cc(-c3cc(/C=C/OC=O)ccn3)n2)c1.[N-]=C=S.[Ru+2]. The van der Waals surface area contributed by atoms with E-state index in [2.05, 4.69) is 60.7 Å². The van der Waals surface area contributed by atoms with E-state index >= 15 is 0 Å². The summed E-state index contributed by atoms with van der Waals surface area (Å²) in [6.07, 6.45) is 15.8. The van der Waals surface area contributed by atoms with Crippen molar-refractivity contribution in [1.82, 2.24) is 19.9 Å². The number of isothiocyanates is 1. The van der Waals surface area contributed by atoms with Crippen LogP contribution in [0.3, 0.4) is 0 Å². The van der Waals surface area contributed by atoms with E-state index < -0.39 is 17.6 Å². The third-order valence-electron chi connectivity index (χ3n) is 7.92. The number of carbonyl (C=O) groups excluding carboxylic acids is 3. The van der Waals surface area contributed by atoms with E-state index in [1.807, 2.05) is 12.2 Å². The molecular formula is C44H38F3N7O6RuS2. The van der Waals surface area contributed by atoms with E-state index in [0.29, 0.717) is 48.3 Å². The molecular weight excluding hydrogens is 945 g/mol. The monoisotopic (exact) mass is 983 g/mol. The van der Waals surface area contributed by atoms with Crippen LogP contribution in [0.15, 0.2) is 97.9 Å². The van der Waals surface area contributed by atoms with E-state index in [4.69, 9.17) is 21.3 Å². The van der Waals surface area contributed by atoms with E-state index in [0.717, 1.165) is 28.0 Å². The van der Waals surface area contributed by atoms with Crippen molar-refractivity contribution in [3.63, 3.8) is 0 Å². The molecule has 0 aliphatic rings. The predicted molar refractivity (Wildman–Crippen MR) is 237 cm³/mol. The van der Waals surface area contributed by atoms with Gasteiger partial charge in [0.2, 0.25) is 0 Å². The Kier molecular flexibility index (Phi) is 24.0. The third-order valence-corrected chi connectivity index (χ3v) is 9.03. The number of hydrogen-bond donors (Lipinski definition) is 1. The molecule has 0 atom stereocenters. The summed E-state index contributed by atoms with van der Waals surface area (Å²) in [4.78, 5) is 51.0. The van der Waals surface area contributed by atoms with Crippen molar-refractivity contribution in [1.29, 1.82) is 5.41 Å². The summed E-state index contributed by atoms with van der Waals surface area (Å²) in [6.45, 7) is 3.14. The standard InChI is InChI=1S/C22H15N3O6.C21H23F3N3S.CNS.Ru/c26-13-29-7-3-16-1-5-23-19(9-16)21-11-18(31-15-28)12-22(25-21)20-10-17(2-6-24-20)4-8-30-14-27;1-2-3-4-5-6-16-9-10-17(28-16)8-7-15-11-12-27-19(13-15)18(25)14-20(26)21(22,23)24;2-1-3;/h1-15H;7-14,25-26H,2-6H2,1H3;;/q;2*-1;+2/b7-3+,8-4+;8-7+,18-14-,26-20?;;. The Morgan fingerprint density at radius 3 is 1.87 bits per heavy atom. The molecule has 0 aliphatic heterocycles. The molecule has 0 bridgehead atoms. The zero-order valence-corrected chi connectivity index (χ0v) is 36.7. The number of aromatic nitrogens is 4. The fraction of sp³-hybridized carbons (Fsp3) is 0.159. The van der Waals surface area contributed by atoms with Gasteiger partial charge in [0, 0.05) is 46.2 Å². The van der Waals surface area contributed by atoms with Gasteiger partial charge in [0.25, 0.3) is 19.4 Å². The zero-order valence-electron chi connectivity index (χ0n) is 33.3. The molecule has 0 aliphatic carbocycles. The molecule has 5 aromatic heterocycles. The van der Waals surface area contributed by atoms with E-state index in [1.165, 1.54) is 60.5 Å². The van der Waals surface area contributed by atoms with Crippen LogP contribution < -0.4 is 4.74 Å². The second-order valence-electron chi connectivity index (χ2n) is 12.3. The number of nitrogens with zero attached hydrogens (tertiary/aromatic N) is 5. The van der Waals surface area contributed by atoms with Gasteiger partial charge in [-0.05, 0) is 102 Å². The van der Waals surface area contributed by atoms with Gasteiger partial charge in [-0.15, -0.1) is 17.0 Å². The number of allylic oxidation sites excluding steroid dienone is 1. The Balaban J connectivity index is 0.000000404. The first-order valence-electron chi connectivity index (χ1n) is 18.3. The number of ether oxygens (including phenoxy) is 3. The minimum Gasteiger partial charge on any atom is -0.753 e. The summed E-state index contributed by atoms with van der Waals surface area (Å²) in [5, 5.41) is 15.4. The van der Waals surface area contributed by atoms with Gasteiger partial charge < -0.3 is 25.4 Å². The molecule has 19 heteroatoms. The Morgan fingerprint density at radius 1 is 0.794 bits per heavy atom. The molecule has 0 unspecified atom stereocenters. The van der Waals surface area contributed by atoms with Crippen LogP contribution in [0.2, 0.25) is 0 Å². The Bertz CT molecular complexity index is 2350. The Morgan fingerprint density at radius 2 is 1.35 bits per heavy atom. The number of alkyl halides is 3. The molecule has 0 spiro atoms. The van der Waals surface area contributed by atoms with Crippen LogP contribution in [0.1, 0.15) is 64.7 Å². The quantitative estimate of drug-likeness (QED) is 0.0206. The molecule has 13 nitrogen and oxygen atoms in total. The van der Waals surface area contributed by atoms with Gasteiger partial charge in [-0.2, -0.15) is 18.3 Å². The summed E-state index contributed by atoms with van der Waals surface area (Å²) < 4.78 is 51.5. The first-order valence-corrected chi connectivity index (χ1v) is 19.6. The van der Waals surface area contributed by atoms with Crippen molar-refractivity contribution in [3.8, 4) is 28.5 Å². The minimum absolute atomic E-state index is 0. The van der Waals surface area contributed by atoms with Crippen LogP contribution in [0, 0.1) is 5.41 Å². The number of carbonyl (C=O) groups is 3. The van der Waals surface area contributed by atoms with E-state index in [-0.39, 0.29) is 30.9 Å². The molecule has 0 saturated heterocycles. The van der Waals surface area contributed by atoms with Crippen LogP contribution in [0.4, 0.5) is 13.2 Å². The number of halogens is 3. The van der Waals surface area contributed by atoms with Gasteiger partial charge in [0.15, 0.2) is 0 Å². The number of thiophene rings is 1. The van der Waals surface area contributed by atoms with Crippen LogP contribution in [-0.4, -0.2) is 56.4 Å². The van der Waals surface area contributed by atoms with Crippen molar-refractivity contribution >= 4 is 83.8 Å². The first-order chi connectivity index (χ1) is 29.9. The summed E-state index contributed by atoms with van der Waals surface area (Å²) in [5.41, 5.74) is 9.89. The molecule has 0 amide bonds. The second-order valence-corrected chi connectivity index (χ2v) is 13.7. The zero-order chi connectivity index (χ0) is 45.2. The average Bonchev–Trinajstić information content (AvgIpc) is 3.73. The maximum absolute atomic E-state index is 12.4. The fourth-order valence-electron chi connectivity index (χ4n) is 5.09. The van der Waals surface area contributed by atoms with Crippen molar-refractivity contribution in [2.75, 3.05) is 0 Å². The van der Waals surface area contributed by atoms with Crippen molar-refractivity contribution in [2.24, 2.45) is 0 Å². The van der Waals surface area contributed by atoms with Crippen molar-refractivity contribution in [3.05, 3.63) is 141 Å². The van der Waals surface area contributed by atoms with Crippen LogP contribution in [0.5, 0.6) is 5.75 Å². The van der Waals surface area contributed by atoms with Gasteiger partial charge in [0.1, 0.15) is 11.5 Å². The number of nitrogens with one attached hydrogen (secondary N) is 2. The van der Waals surface area contributed by atoms with E-state index in [1.54, 1.807) is 78.3 Å². The topological polar surface area (TPSA) is 200 Å². The van der Waals surface area contributed by atoms with Crippen LogP contribution in [0.25, 0.3) is 63.9 Å². The third kappa shape index (κ3) is 19.3. The molecule has 5 aromatic rings. The number of pyridine rings is 4. The van der Waals surface area contributed by atoms with E-state index in [9.17, 15) is 27.6 Å². The van der Waals surface area contributed by atoms with Gasteiger partial charge in [-0.25, -0.2) is 4.98 Å². The average molecular weight is 983 g/mol. The maximum atomic E-state index is 12.4. The summed E-state index contributed by atoms with van der Waals surface area (Å²) in [7, 11) is 0. The molecule has 0 aromatic carbocycles. The minimum atomic E-state index is -4.77. The van der Waals surface area contributed by atoms with Gasteiger partial charge in [-0.3, -0.25) is 34.7 Å². The summed E-state index contributed by atoms with van der Waals surface area (Å²) in [6, 6.07) is 17.5. The number of hydrogen-bond acceptors (Lipinski definition) is 13. The van der Waals surface area contributed by atoms with Crippen molar-refractivity contribution in [2.45, 2.75) is 45.2 Å². The Labute approximate surface area is 383 Å². The molecule has 0 saturated carbocycles. The number of thiocarbonyl (C=S) groups is 1. The molecule has 0 fully saturated rings. The van der Waals surface area contributed by atoms with Crippen LogP contribution >= 0.6 is 23.6 Å². The number of rotatable bonds is 19. The number of aryl methyl sites for hydroxylation is 1. The summed E-state index contributed by atoms with van der Waals surface area (Å²) in [5.74, 6) is 0.258.